The van der Waals surface area contributed by atoms with Crippen molar-refractivity contribution in [2.45, 2.75) is 58.9 Å². The van der Waals surface area contributed by atoms with E-state index < -0.39 is 0 Å². The van der Waals surface area contributed by atoms with Crippen LogP contribution >= 0.6 is 0 Å². The highest BCUT2D eigenvalue weighted by Crippen LogP contribution is 2.11. The minimum absolute atomic E-state index is 0.754. The van der Waals surface area contributed by atoms with E-state index >= 15 is 0 Å². The quantitative estimate of drug-likeness (QED) is 0.718. The zero-order chi connectivity index (χ0) is 11.8. The van der Waals surface area contributed by atoms with Crippen LogP contribution in [0, 0.1) is 5.92 Å². The van der Waals surface area contributed by atoms with Gasteiger partial charge in [-0.1, -0.05) is 33.6 Å². The highest BCUT2D eigenvalue weighted by molar-refractivity contribution is 4.76. The summed E-state index contributed by atoms with van der Waals surface area (Å²) >= 11 is 0. The number of rotatable bonds is 7. The molecular formula is C14H30N2. The van der Waals surface area contributed by atoms with Gasteiger partial charge in [0.2, 0.25) is 0 Å². The monoisotopic (exact) mass is 226 g/mol. The van der Waals surface area contributed by atoms with Crippen molar-refractivity contribution < 1.29 is 0 Å². The molecule has 0 amide bonds. The van der Waals surface area contributed by atoms with Crippen LogP contribution in [0.3, 0.4) is 0 Å². The van der Waals surface area contributed by atoms with Crippen LogP contribution in [0.1, 0.15) is 52.9 Å². The van der Waals surface area contributed by atoms with Crippen LogP contribution in [0.15, 0.2) is 0 Å². The van der Waals surface area contributed by atoms with Gasteiger partial charge in [-0.15, -0.1) is 0 Å². The number of piperidine rings is 1. The van der Waals surface area contributed by atoms with Gasteiger partial charge in [0.05, 0.1) is 0 Å². The maximum Gasteiger partial charge on any atom is 0.0195 e. The second-order valence-corrected chi connectivity index (χ2v) is 5.42. The SMILES string of the molecule is CCCN(CC(C)CC)CC1CCCCN1. The molecule has 0 spiro atoms. The van der Waals surface area contributed by atoms with Gasteiger partial charge in [-0.2, -0.15) is 0 Å². The summed E-state index contributed by atoms with van der Waals surface area (Å²) in [7, 11) is 0. The van der Waals surface area contributed by atoms with E-state index in [9.17, 15) is 0 Å². The Morgan fingerprint density at radius 1 is 1.31 bits per heavy atom. The Labute approximate surface area is 102 Å². The van der Waals surface area contributed by atoms with E-state index in [1.54, 1.807) is 0 Å². The molecule has 1 heterocycles. The minimum Gasteiger partial charge on any atom is -0.313 e. The lowest BCUT2D eigenvalue weighted by Gasteiger charge is -2.31. The van der Waals surface area contributed by atoms with E-state index in [1.807, 2.05) is 0 Å². The third-order valence-electron chi connectivity index (χ3n) is 3.70. The summed E-state index contributed by atoms with van der Waals surface area (Å²) in [5.74, 6) is 0.843. The number of nitrogens with one attached hydrogen (secondary N) is 1. The van der Waals surface area contributed by atoms with Crippen LogP contribution in [0.2, 0.25) is 0 Å². The Kier molecular flexibility index (Phi) is 7.06. The highest BCUT2D eigenvalue weighted by Gasteiger charge is 2.17. The molecular weight excluding hydrogens is 196 g/mol. The third-order valence-corrected chi connectivity index (χ3v) is 3.70. The first-order chi connectivity index (χ1) is 7.76. The molecule has 16 heavy (non-hydrogen) atoms. The number of nitrogens with zero attached hydrogens (tertiary/aromatic N) is 1. The first kappa shape index (κ1) is 14.0. The molecule has 2 nitrogen and oxygen atoms in total. The molecule has 0 aromatic heterocycles. The largest absolute Gasteiger partial charge is 0.313 e. The summed E-state index contributed by atoms with van der Waals surface area (Å²) in [5, 5.41) is 3.66. The van der Waals surface area contributed by atoms with Crippen molar-refractivity contribution in [1.82, 2.24) is 10.2 Å². The van der Waals surface area contributed by atoms with E-state index in [0.717, 1.165) is 12.0 Å². The van der Waals surface area contributed by atoms with E-state index in [0.29, 0.717) is 0 Å². The van der Waals surface area contributed by atoms with Crippen molar-refractivity contribution >= 4 is 0 Å². The molecule has 2 heteroatoms. The van der Waals surface area contributed by atoms with Crippen molar-refractivity contribution in [3.05, 3.63) is 0 Å². The molecule has 1 fully saturated rings. The topological polar surface area (TPSA) is 15.3 Å². The Morgan fingerprint density at radius 2 is 2.12 bits per heavy atom. The molecule has 0 aromatic carbocycles. The molecule has 0 aliphatic carbocycles. The summed E-state index contributed by atoms with van der Waals surface area (Å²) in [5.41, 5.74) is 0. The summed E-state index contributed by atoms with van der Waals surface area (Å²) in [6.45, 7) is 12.0. The maximum atomic E-state index is 3.66. The molecule has 1 aliphatic rings. The second kappa shape index (κ2) is 8.08. The number of hydrogen-bond donors (Lipinski definition) is 1. The highest BCUT2D eigenvalue weighted by atomic mass is 15.1. The fraction of sp³-hybridized carbons (Fsp3) is 1.00. The van der Waals surface area contributed by atoms with E-state index in [-0.39, 0.29) is 0 Å². The van der Waals surface area contributed by atoms with Crippen LogP contribution in [-0.4, -0.2) is 37.1 Å². The predicted molar refractivity (Wildman–Crippen MR) is 71.8 cm³/mol. The van der Waals surface area contributed by atoms with Crippen molar-refractivity contribution in [3.8, 4) is 0 Å². The van der Waals surface area contributed by atoms with Gasteiger partial charge in [0.25, 0.3) is 0 Å². The summed E-state index contributed by atoms with van der Waals surface area (Å²) in [6.07, 6.45) is 6.75. The molecule has 1 saturated heterocycles. The van der Waals surface area contributed by atoms with Crippen LogP contribution in [0.25, 0.3) is 0 Å². The first-order valence-corrected chi connectivity index (χ1v) is 7.22. The first-order valence-electron chi connectivity index (χ1n) is 7.22. The van der Waals surface area contributed by atoms with Gasteiger partial charge in [0, 0.05) is 19.1 Å². The van der Waals surface area contributed by atoms with E-state index in [4.69, 9.17) is 0 Å². The molecule has 1 N–H and O–H groups in total. The third kappa shape index (κ3) is 5.31. The smallest absolute Gasteiger partial charge is 0.0195 e. The molecule has 1 aliphatic heterocycles. The Morgan fingerprint density at radius 3 is 2.69 bits per heavy atom. The predicted octanol–water partition coefficient (Wildman–Crippen LogP) is 2.89. The van der Waals surface area contributed by atoms with E-state index in [2.05, 4.69) is 31.0 Å². The van der Waals surface area contributed by atoms with Crippen LogP contribution < -0.4 is 5.32 Å². The molecule has 0 bridgehead atoms. The Hall–Kier alpha value is -0.0800. The molecule has 1 rings (SSSR count). The normalized spacial score (nSPS) is 23.6. The molecule has 96 valence electrons. The van der Waals surface area contributed by atoms with E-state index in [1.165, 1.54) is 58.3 Å². The number of hydrogen-bond acceptors (Lipinski definition) is 2. The van der Waals surface area contributed by atoms with Crippen molar-refractivity contribution in [1.29, 1.82) is 0 Å². The van der Waals surface area contributed by atoms with Gasteiger partial charge in [-0.05, 0) is 38.3 Å². The van der Waals surface area contributed by atoms with Gasteiger partial charge in [0.1, 0.15) is 0 Å². The van der Waals surface area contributed by atoms with Gasteiger partial charge in [0.15, 0.2) is 0 Å². The minimum atomic E-state index is 0.754. The molecule has 2 unspecified atom stereocenters. The summed E-state index contributed by atoms with van der Waals surface area (Å²) < 4.78 is 0. The van der Waals surface area contributed by atoms with Crippen molar-refractivity contribution in [2.75, 3.05) is 26.2 Å². The molecule has 2 atom stereocenters. The van der Waals surface area contributed by atoms with Crippen molar-refractivity contribution in [2.24, 2.45) is 5.92 Å². The average Bonchev–Trinajstić information content (AvgIpc) is 2.30. The lowest BCUT2D eigenvalue weighted by molar-refractivity contribution is 0.198. The molecule has 0 saturated carbocycles. The van der Waals surface area contributed by atoms with Crippen molar-refractivity contribution in [3.63, 3.8) is 0 Å². The second-order valence-electron chi connectivity index (χ2n) is 5.42. The van der Waals surface area contributed by atoms with Crippen LogP contribution in [-0.2, 0) is 0 Å². The maximum absolute atomic E-state index is 3.66. The zero-order valence-corrected chi connectivity index (χ0v) is 11.5. The van der Waals surface area contributed by atoms with Gasteiger partial charge >= 0.3 is 0 Å². The standard InChI is InChI=1S/C14H30N2/c1-4-10-16(11-13(3)5-2)12-14-8-6-7-9-15-14/h13-15H,4-12H2,1-3H3. The van der Waals surface area contributed by atoms with Crippen LogP contribution in [0.4, 0.5) is 0 Å². The lowest BCUT2D eigenvalue weighted by atomic mass is 10.0. The Bertz CT molecular complexity index is 164. The molecule has 0 radical (unpaired) electrons. The summed E-state index contributed by atoms with van der Waals surface area (Å²) in [4.78, 5) is 2.66. The van der Waals surface area contributed by atoms with Gasteiger partial charge in [-0.3, -0.25) is 0 Å². The Balaban J connectivity index is 2.30. The van der Waals surface area contributed by atoms with Gasteiger partial charge < -0.3 is 10.2 Å². The fourth-order valence-electron chi connectivity index (χ4n) is 2.53. The zero-order valence-electron chi connectivity index (χ0n) is 11.5. The van der Waals surface area contributed by atoms with Crippen LogP contribution in [0.5, 0.6) is 0 Å². The fourth-order valence-corrected chi connectivity index (χ4v) is 2.53. The average molecular weight is 226 g/mol. The van der Waals surface area contributed by atoms with Gasteiger partial charge in [-0.25, -0.2) is 0 Å². The lowest BCUT2D eigenvalue weighted by Crippen LogP contribution is -2.45. The summed E-state index contributed by atoms with van der Waals surface area (Å²) in [6, 6.07) is 0.754. The molecule has 0 aromatic rings.